The molecule has 1 aliphatic carbocycles. The molecule has 0 aromatic carbocycles. The Morgan fingerprint density at radius 2 is 0.941 bits per heavy atom. The molecule has 198 valence electrons. The molecule has 1 N–H and O–H groups in total. The molecule has 1 saturated carbocycles. The lowest BCUT2D eigenvalue weighted by Gasteiger charge is -2.27. The van der Waals surface area contributed by atoms with Gasteiger partial charge < -0.3 is 10.1 Å². The van der Waals surface area contributed by atoms with Gasteiger partial charge in [0.05, 0.1) is 0 Å². The minimum atomic E-state index is 0.210. The molecule has 0 radical (unpaired) electrons. The van der Waals surface area contributed by atoms with Crippen LogP contribution in [0.5, 0.6) is 0 Å². The standard InChI is InChI=1S/C30H55NO3/c1-26(32)19-17-15-13-11-9-7-5-3-4-6-8-10-12-14-16-18-20-30(34)31-25-28-21-23-29(24-22-28)27(2)33/h28-29H,3-25H2,1-2H3,(H,31,34). The SMILES string of the molecule is CC(=O)CCCCCCCCCCCCCCCCCCC(=O)NCC1CCC(C(C)=O)CC1. The monoisotopic (exact) mass is 477 g/mol. The minimum Gasteiger partial charge on any atom is -0.356 e. The van der Waals surface area contributed by atoms with Crippen LogP contribution < -0.4 is 5.32 Å². The van der Waals surface area contributed by atoms with Crippen LogP contribution in [0.15, 0.2) is 0 Å². The van der Waals surface area contributed by atoms with Gasteiger partial charge in [-0.15, -0.1) is 0 Å². The van der Waals surface area contributed by atoms with Gasteiger partial charge in [-0.2, -0.15) is 0 Å². The molecule has 0 heterocycles. The maximum Gasteiger partial charge on any atom is 0.220 e. The maximum atomic E-state index is 12.1. The van der Waals surface area contributed by atoms with E-state index in [2.05, 4.69) is 5.32 Å². The van der Waals surface area contributed by atoms with E-state index in [-0.39, 0.29) is 11.8 Å². The lowest BCUT2D eigenvalue weighted by molar-refractivity contribution is -0.123. The lowest BCUT2D eigenvalue weighted by Crippen LogP contribution is -2.32. The first-order chi connectivity index (χ1) is 16.5. The van der Waals surface area contributed by atoms with Gasteiger partial charge in [-0.1, -0.05) is 89.9 Å². The third-order valence-corrected chi connectivity index (χ3v) is 7.69. The number of ketones is 2. The summed E-state index contributed by atoms with van der Waals surface area (Å²) in [4.78, 5) is 34.4. The topological polar surface area (TPSA) is 63.2 Å². The minimum absolute atomic E-state index is 0.210. The number of rotatable bonds is 22. The molecule has 0 atom stereocenters. The molecule has 34 heavy (non-hydrogen) atoms. The van der Waals surface area contributed by atoms with E-state index in [0.29, 0.717) is 23.9 Å². The van der Waals surface area contributed by atoms with Crippen molar-refractivity contribution in [2.24, 2.45) is 11.8 Å². The van der Waals surface area contributed by atoms with Crippen LogP contribution in [0.3, 0.4) is 0 Å². The first kappa shape index (κ1) is 30.8. The van der Waals surface area contributed by atoms with Gasteiger partial charge in [0.25, 0.3) is 0 Å². The van der Waals surface area contributed by atoms with Crippen molar-refractivity contribution in [1.29, 1.82) is 0 Å². The number of unbranched alkanes of at least 4 members (excludes halogenated alkanes) is 15. The Bertz CT molecular complexity index is 537. The Labute approximate surface area is 210 Å². The number of Topliss-reactive ketones (excluding diaryl/α,β-unsaturated/α-hetero) is 2. The number of carbonyl (C=O) groups excluding carboxylic acids is 3. The van der Waals surface area contributed by atoms with E-state index in [1.54, 1.807) is 13.8 Å². The highest BCUT2D eigenvalue weighted by Crippen LogP contribution is 2.28. The zero-order chi connectivity index (χ0) is 24.9. The summed E-state index contributed by atoms with van der Waals surface area (Å²) < 4.78 is 0. The Balaban J connectivity index is 1.76. The second-order valence-corrected chi connectivity index (χ2v) is 11.0. The summed E-state index contributed by atoms with van der Waals surface area (Å²) in [5.41, 5.74) is 0. The average Bonchev–Trinajstić information content (AvgIpc) is 2.82. The molecule has 0 aliphatic heterocycles. The predicted molar refractivity (Wildman–Crippen MR) is 143 cm³/mol. The quantitative estimate of drug-likeness (QED) is 0.160. The summed E-state index contributed by atoms with van der Waals surface area (Å²) in [5.74, 6) is 1.70. The fraction of sp³-hybridized carbons (Fsp3) is 0.900. The van der Waals surface area contributed by atoms with Crippen LogP contribution in [0.2, 0.25) is 0 Å². The molecule has 0 bridgehead atoms. The van der Waals surface area contributed by atoms with Crippen LogP contribution >= 0.6 is 0 Å². The van der Waals surface area contributed by atoms with Crippen LogP contribution in [-0.4, -0.2) is 24.0 Å². The molecular weight excluding hydrogens is 422 g/mol. The van der Waals surface area contributed by atoms with E-state index >= 15 is 0 Å². The summed E-state index contributed by atoms with van der Waals surface area (Å²) in [7, 11) is 0. The van der Waals surface area contributed by atoms with E-state index in [4.69, 9.17) is 0 Å². The van der Waals surface area contributed by atoms with E-state index < -0.39 is 0 Å². The van der Waals surface area contributed by atoms with Crippen molar-refractivity contribution in [2.75, 3.05) is 6.54 Å². The number of nitrogens with one attached hydrogen (secondary N) is 1. The van der Waals surface area contributed by atoms with E-state index in [0.717, 1.165) is 51.5 Å². The van der Waals surface area contributed by atoms with Crippen molar-refractivity contribution >= 4 is 17.5 Å². The van der Waals surface area contributed by atoms with E-state index in [1.165, 1.54) is 89.9 Å². The fourth-order valence-corrected chi connectivity index (χ4v) is 5.25. The highest BCUT2D eigenvalue weighted by molar-refractivity contribution is 5.78. The Morgan fingerprint density at radius 3 is 1.32 bits per heavy atom. The van der Waals surface area contributed by atoms with Gasteiger partial charge >= 0.3 is 0 Å². The third kappa shape index (κ3) is 18.2. The molecule has 0 unspecified atom stereocenters. The van der Waals surface area contributed by atoms with Gasteiger partial charge in [0, 0.05) is 25.3 Å². The van der Waals surface area contributed by atoms with Crippen molar-refractivity contribution < 1.29 is 14.4 Å². The van der Waals surface area contributed by atoms with Crippen LogP contribution in [-0.2, 0) is 14.4 Å². The van der Waals surface area contributed by atoms with Gasteiger partial charge in [0.2, 0.25) is 5.91 Å². The van der Waals surface area contributed by atoms with Crippen molar-refractivity contribution in [2.45, 2.75) is 155 Å². The first-order valence-corrected chi connectivity index (χ1v) is 14.8. The van der Waals surface area contributed by atoms with Crippen molar-refractivity contribution in [3.05, 3.63) is 0 Å². The average molecular weight is 478 g/mol. The number of hydrogen-bond acceptors (Lipinski definition) is 3. The zero-order valence-corrected chi connectivity index (χ0v) is 22.6. The van der Waals surface area contributed by atoms with E-state index in [9.17, 15) is 14.4 Å². The molecule has 0 spiro atoms. The van der Waals surface area contributed by atoms with E-state index in [1.807, 2.05) is 0 Å². The second-order valence-electron chi connectivity index (χ2n) is 11.0. The van der Waals surface area contributed by atoms with Crippen LogP contribution in [0.4, 0.5) is 0 Å². The number of carbonyl (C=O) groups is 3. The molecule has 1 fully saturated rings. The molecule has 4 heteroatoms. The van der Waals surface area contributed by atoms with Crippen molar-refractivity contribution in [3.8, 4) is 0 Å². The molecule has 0 saturated heterocycles. The summed E-state index contributed by atoms with van der Waals surface area (Å²) in [6.45, 7) is 4.20. The van der Waals surface area contributed by atoms with Gasteiger partial charge in [-0.05, 0) is 58.3 Å². The van der Waals surface area contributed by atoms with Crippen LogP contribution in [0.1, 0.15) is 155 Å². The summed E-state index contributed by atoms with van der Waals surface area (Å²) in [6, 6.07) is 0. The Hall–Kier alpha value is -1.19. The third-order valence-electron chi connectivity index (χ3n) is 7.69. The molecule has 1 aliphatic rings. The molecule has 0 aromatic rings. The molecule has 4 nitrogen and oxygen atoms in total. The molecule has 1 amide bonds. The Kier molecular flexibility index (Phi) is 19.2. The highest BCUT2D eigenvalue weighted by atomic mass is 16.1. The van der Waals surface area contributed by atoms with Crippen LogP contribution in [0, 0.1) is 11.8 Å². The molecule has 0 aromatic heterocycles. The predicted octanol–water partition coefficient (Wildman–Crippen LogP) is 8.11. The maximum absolute atomic E-state index is 12.1. The normalized spacial score (nSPS) is 18.1. The van der Waals surface area contributed by atoms with Crippen LogP contribution in [0.25, 0.3) is 0 Å². The molecular formula is C30H55NO3. The van der Waals surface area contributed by atoms with Gasteiger partial charge in [0.15, 0.2) is 0 Å². The lowest BCUT2D eigenvalue weighted by atomic mass is 9.80. The van der Waals surface area contributed by atoms with Gasteiger partial charge in [-0.3, -0.25) is 9.59 Å². The summed E-state index contributed by atoms with van der Waals surface area (Å²) in [6.07, 6.45) is 26.3. The van der Waals surface area contributed by atoms with Crippen molar-refractivity contribution in [3.63, 3.8) is 0 Å². The van der Waals surface area contributed by atoms with Gasteiger partial charge in [-0.25, -0.2) is 0 Å². The number of amides is 1. The number of hydrogen-bond donors (Lipinski definition) is 1. The first-order valence-electron chi connectivity index (χ1n) is 14.8. The highest BCUT2D eigenvalue weighted by Gasteiger charge is 2.23. The molecule has 1 rings (SSSR count). The largest absolute Gasteiger partial charge is 0.356 e. The fourth-order valence-electron chi connectivity index (χ4n) is 5.25. The summed E-state index contributed by atoms with van der Waals surface area (Å²) in [5, 5.41) is 3.12. The summed E-state index contributed by atoms with van der Waals surface area (Å²) >= 11 is 0. The van der Waals surface area contributed by atoms with Gasteiger partial charge in [0.1, 0.15) is 11.6 Å². The second kappa shape index (κ2) is 21.1. The zero-order valence-electron chi connectivity index (χ0n) is 22.6. The Morgan fingerprint density at radius 1 is 0.559 bits per heavy atom. The smallest absolute Gasteiger partial charge is 0.220 e. The van der Waals surface area contributed by atoms with Crippen molar-refractivity contribution in [1.82, 2.24) is 5.32 Å².